The van der Waals surface area contributed by atoms with Crippen LogP contribution in [0, 0.1) is 0 Å². The number of amides is 1. The zero-order valence-electron chi connectivity index (χ0n) is 14.8. The van der Waals surface area contributed by atoms with E-state index < -0.39 is 0 Å². The number of carbonyl (C=O) groups excluding carboxylic acids is 1. The largest absolute Gasteiger partial charge is 0.369 e. The Hall–Kier alpha value is -1.32. The molecule has 1 amide bonds. The van der Waals surface area contributed by atoms with Gasteiger partial charge in [-0.25, -0.2) is 9.38 Å². The molecule has 9 heteroatoms. The summed E-state index contributed by atoms with van der Waals surface area (Å²) in [5.74, 6) is 1.33. The average Bonchev–Trinajstić information content (AvgIpc) is 3.19. The molecule has 0 saturated heterocycles. The Morgan fingerprint density at radius 1 is 1.35 bits per heavy atom. The van der Waals surface area contributed by atoms with Crippen molar-refractivity contribution >= 4 is 56.6 Å². The fourth-order valence-corrected chi connectivity index (χ4v) is 6.41. The van der Waals surface area contributed by atoms with Crippen molar-refractivity contribution in [1.82, 2.24) is 19.6 Å². The van der Waals surface area contributed by atoms with E-state index in [1.54, 1.807) is 23.1 Å². The quantitative estimate of drug-likeness (QED) is 0.493. The van der Waals surface area contributed by atoms with Crippen molar-refractivity contribution < 1.29 is 4.79 Å². The number of aryl methyl sites for hydroxylation is 1. The topological polar surface area (TPSA) is 86.2 Å². The molecule has 0 aliphatic heterocycles. The van der Waals surface area contributed by atoms with Crippen LogP contribution < -0.4 is 5.73 Å². The Labute approximate surface area is 164 Å². The van der Waals surface area contributed by atoms with Gasteiger partial charge in [0.15, 0.2) is 16.0 Å². The molecule has 0 aromatic carbocycles. The molecule has 138 valence electrons. The monoisotopic (exact) mass is 407 g/mol. The third kappa shape index (κ3) is 3.10. The molecule has 1 aliphatic carbocycles. The minimum absolute atomic E-state index is 0.189. The fourth-order valence-electron chi connectivity index (χ4n) is 3.45. The molecule has 0 bridgehead atoms. The van der Waals surface area contributed by atoms with E-state index in [0.29, 0.717) is 11.1 Å². The molecule has 6 nitrogen and oxygen atoms in total. The number of nitrogens with zero attached hydrogens (tertiary/aromatic N) is 4. The van der Waals surface area contributed by atoms with Gasteiger partial charge >= 0.3 is 0 Å². The molecule has 3 aromatic heterocycles. The van der Waals surface area contributed by atoms with Crippen LogP contribution in [-0.4, -0.2) is 37.0 Å². The smallest absolute Gasteiger partial charge is 0.227 e. The third-order valence-electron chi connectivity index (χ3n) is 4.56. The first-order valence-electron chi connectivity index (χ1n) is 8.84. The number of thioether (sulfide) groups is 2. The second kappa shape index (κ2) is 7.36. The molecule has 4 rings (SSSR count). The van der Waals surface area contributed by atoms with Gasteiger partial charge in [0.2, 0.25) is 5.91 Å². The summed E-state index contributed by atoms with van der Waals surface area (Å²) in [6.07, 6.45) is 4.63. The van der Waals surface area contributed by atoms with Crippen LogP contribution in [0.4, 0.5) is 0 Å². The van der Waals surface area contributed by atoms with Gasteiger partial charge in [-0.2, -0.15) is 0 Å². The lowest BCUT2D eigenvalue weighted by molar-refractivity contribution is -0.115. The maximum absolute atomic E-state index is 11.2. The number of carbonyl (C=O) groups is 1. The van der Waals surface area contributed by atoms with E-state index in [0.717, 1.165) is 39.6 Å². The predicted octanol–water partition coefficient (Wildman–Crippen LogP) is 3.86. The van der Waals surface area contributed by atoms with Crippen molar-refractivity contribution in [2.24, 2.45) is 5.73 Å². The van der Waals surface area contributed by atoms with Gasteiger partial charge in [0.1, 0.15) is 4.83 Å². The molecule has 0 saturated carbocycles. The lowest BCUT2D eigenvalue weighted by Gasteiger charge is -2.18. The molecule has 3 aromatic rings. The minimum Gasteiger partial charge on any atom is -0.369 e. The van der Waals surface area contributed by atoms with Crippen molar-refractivity contribution in [3.63, 3.8) is 0 Å². The molecular formula is C17H21N5OS3. The van der Waals surface area contributed by atoms with Crippen molar-refractivity contribution in [3.05, 3.63) is 10.4 Å². The maximum Gasteiger partial charge on any atom is 0.227 e. The molecule has 26 heavy (non-hydrogen) atoms. The van der Waals surface area contributed by atoms with Crippen molar-refractivity contribution in [1.29, 1.82) is 0 Å². The second-order valence-electron chi connectivity index (χ2n) is 6.55. The molecule has 3 heterocycles. The summed E-state index contributed by atoms with van der Waals surface area (Å²) in [5, 5.41) is 11.6. The summed E-state index contributed by atoms with van der Waals surface area (Å²) in [5.41, 5.74) is 7.59. The first-order chi connectivity index (χ1) is 12.6. The lowest BCUT2D eigenvalue weighted by atomic mass is 9.87. The van der Waals surface area contributed by atoms with Gasteiger partial charge in [0, 0.05) is 10.6 Å². The average molecular weight is 408 g/mol. The van der Waals surface area contributed by atoms with Crippen LogP contribution in [0.3, 0.4) is 0 Å². The molecule has 0 spiro atoms. The van der Waals surface area contributed by atoms with Gasteiger partial charge in [-0.3, -0.25) is 4.79 Å². The molecule has 1 atom stereocenters. The summed E-state index contributed by atoms with van der Waals surface area (Å²) in [4.78, 5) is 18.7. The number of hydrogen-bond acceptors (Lipinski definition) is 7. The van der Waals surface area contributed by atoms with Gasteiger partial charge in [-0.05, 0) is 37.2 Å². The maximum atomic E-state index is 11.2. The van der Waals surface area contributed by atoms with Gasteiger partial charge in [-0.1, -0.05) is 37.4 Å². The Bertz CT molecular complexity index is 980. The van der Waals surface area contributed by atoms with Crippen LogP contribution in [0.25, 0.3) is 15.9 Å². The fraction of sp³-hybridized carbons (Fsp3) is 0.529. The van der Waals surface area contributed by atoms with Crippen LogP contribution in [0.2, 0.25) is 0 Å². The Kier molecular flexibility index (Phi) is 5.11. The summed E-state index contributed by atoms with van der Waals surface area (Å²) in [6, 6.07) is 0. The number of aromatic nitrogens is 4. The van der Waals surface area contributed by atoms with E-state index in [9.17, 15) is 4.79 Å². The number of primary amides is 1. The van der Waals surface area contributed by atoms with Crippen LogP contribution in [0.5, 0.6) is 0 Å². The van der Waals surface area contributed by atoms with E-state index in [2.05, 4.69) is 24.0 Å². The third-order valence-corrected chi connectivity index (χ3v) is 7.82. The molecule has 0 radical (unpaired) electrons. The Morgan fingerprint density at radius 2 is 2.19 bits per heavy atom. The highest BCUT2D eigenvalue weighted by Crippen LogP contribution is 2.44. The first kappa shape index (κ1) is 18.1. The summed E-state index contributed by atoms with van der Waals surface area (Å²) in [6.45, 7) is 4.45. The number of hydrogen-bond donors (Lipinski definition) is 1. The van der Waals surface area contributed by atoms with Crippen molar-refractivity contribution in [2.45, 2.75) is 55.8 Å². The number of fused-ring (bicyclic) bond motifs is 5. The highest BCUT2D eigenvalue weighted by Gasteiger charge is 2.27. The summed E-state index contributed by atoms with van der Waals surface area (Å²) >= 11 is 4.85. The normalized spacial score (nSPS) is 17.1. The van der Waals surface area contributed by atoms with Crippen LogP contribution in [0.1, 0.15) is 49.5 Å². The summed E-state index contributed by atoms with van der Waals surface area (Å²) < 4.78 is 2.02. The molecule has 1 aliphatic rings. The van der Waals surface area contributed by atoms with E-state index in [-0.39, 0.29) is 11.7 Å². The molecule has 2 N–H and O–H groups in total. The lowest BCUT2D eigenvalue weighted by Crippen LogP contribution is -2.13. The predicted molar refractivity (Wildman–Crippen MR) is 108 cm³/mol. The Balaban J connectivity index is 1.95. The van der Waals surface area contributed by atoms with Crippen LogP contribution in [0.15, 0.2) is 10.3 Å². The van der Waals surface area contributed by atoms with Crippen molar-refractivity contribution in [2.75, 3.05) is 11.5 Å². The Morgan fingerprint density at radius 3 is 2.96 bits per heavy atom. The van der Waals surface area contributed by atoms with Crippen LogP contribution in [-0.2, 0) is 11.2 Å². The SMILES string of the molecule is CCCSc1nc2sc3c(c2c2nnc(SCC(N)=O)n12)[C@H](C)CCC3. The molecular weight excluding hydrogens is 386 g/mol. The highest BCUT2D eigenvalue weighted by molar-refractivity contribution is 8.00. The van der Waals surface area contributed by atoms with E-state index in [1.807, 2.05) is 4.40 Å². The highest BCUT2D eigenvalue weighted by atomic mass is 32.2. The van der Waals surface area contributed by atoms with E-state index >= 15 is 0 Å². The molecule has 0 fully saturated rings. The number of thiophene rings is 1. The zero-order valence-corrected chi connectivity index (χ0v) is 17.3. The standard InChI is InChI=1S/C17H21N5OS3/c1-3-7-24-16-19-15-13(12-9(2)5-4-6-10(12)26-15)14-20-21-17(22(14)16)25-8-11(18)23/h9H,3-8H2,1-2H3,(H2,18,23)/t9-/m1/s1. The van der Waals surface area contributed by atoms with Gasteiger partial charge < -0.3 is 5.73 Å². The minimum atomic E-state index is -0.356. The van der Waals surface area contributed by atoms with Gasteiger partial charge in [0.05, 0.1) is 11.1 Å². The van der Waals surface area contributed by atoms with Crippen molar-refractivity contribution in [3.8, 4) is 0 Å². The first-order valence-corrected chi connectivity index (χ1v) is 11.6. The van der Waals surface area contributed by atoms with Gasteiger partial charge in [0.25, 0.3) is 0 Å². The van der Waals surface area contributed by atoms with Crippen LogP contribution >= 0.6 is 34.9 Å². The second-order valence-corrected chi connectivity index (χ2v) is 9.64. The van der Waals surface area contributed by atoms with E-state index in [1.165, 1.54) is 35.0 Å². The number of rotatable bonds is 6. The summed E-state index contributed by atoms with van der Waals surface area (Å²) in [7, 11) is 0. The van der Waals surface area contributed by atoms with E-state index in [4.69, 9.17) is 10.7 Å². The zero-order chi connectivity index (χ0) is 18.3. The van der Waals surface area contributed by atoms with Gasteiger partial charge in [-0.15, -0.1) is 21.5 Å². The molecule has 0 unspecified atom stereocenters. The number of nitrogens with two attached hydrogens (primary N) is 1.